The highest BCUT2D eigenvalue weighted by Gasteiger charge is 2.31. The van der Waals surface area contributed by atoms with Gasteiger partial charge in [-0.25, -0.2) is 4.39 Å². The molecule has 24 heavy (non-hydrogen) atoms. The van der Waals surface area contributed by atoms with Gasteiger partial charge in [-0.3, -0.25) is 9.59 Å². The van der Waals surface area contributed by atoms with Crippen molar-refractivity contribution in [2.75, 3.05) is 20.1 Å². The first-order valence-electron chi connectivity index (χ1n) is 8.62. The van der Waals surface area contributed by atoms with E-state index in [0.29, 0.717) is 25.9 Å². The van der Waals surface area contributed by atoms with Crippen molar-refractivity contribution in [1.29, 1.82) is 0 Å². The predicted molar refractivity (Wildman–Crippen MR) is 91.7 cm³/mol. The second-order valence-corrected chi connectivity index (χ2v) is 6.93. The van der Waals surface area contributed by atoms with Gasteiger partial charge in [0.15, 0.2) is 0 Å². The fraction of sp³-hybridized carbons (Fsp3) is 0.579. The highest BCUT2D eigenvalue weighted by Crippen LogP contribution is 2.25. The van der Waals surface area contributed by atoms with Crippen LogP contribution >= 0.6 is 0 Å². The Morgan fingerprint density at radius 2 is 1.67 bits per heavy atom. The van der Waals surface area contributed by atoms with Gasteiger partial charge in [0.2, 0.25) is 11.8 Å². The largest absolute Gasteiger partial charge is 0.342 e. The zero-order valence-electron chi connectivity index (χ0n) is 15.0. The standard InChI is InChI=1S/C19H27FN2O2/c1-13(2)18(23)22-11-9-16(10-12-22)19(24)21(4)14(3)15-5-7-17(20)8-6-15/h5-8,13-14,16H,9-12H2,1-4H3. The summed E-state index contributed by atoms with van der Waals surface area (Å²) in [6.07, 6.45) is 1.41. The van der Waals surface area contributed by atoms with Crippen LogP contribution in [0.15, 0.2) is 24.3 Å². The lowest BCUT2D eigenvalue weighted by Crippen LogP contribution is -2.45. The molecule has 0 aromatic heterocycles. The van der Waals surface area contributed by atoms with Gasteiger partial charge in [-0.2, -0.15) is 0 Å². The minimum absolute atomic E-state index is 0.00146. The molecule has 132 valence electrons. The first-order chi connectivity index (χ1) is 11.3. The van der Waals surface area contributed by atoms with Crippen molar-refractivity contribution in [3.63, 3.8) is 0 Å². The SMILES string of the molecule is CC(C)C(=O)N1CCC(C(=O)N(C)C(C)c2ccc(F)cc2)CC1. The van der Waals surface area contributed by atoms with E-state index in [0.717, 1.165) is 5.56 Å². The Morgan fingerprint density at radius 1 is 1.12 bits per heavy atom. The molecular formula is C19H27FN2O2. The third kappa shape index (κ3) is 4.13. The molecule has 0 N–H and O–H groups in total. The summed E-state index contributed by atoms with van der Waals surface area (Å²) in [5, 5.41) is 0. The maximum Gasteiger partial charge on any atom is 0.226 e. The molecule has 0 spiro atoms. The van der Waals surface area contributed by atoms with Crippen LogP contribution in [0.3, 0.4) is 0 Å². The fourth-order valence-corrected chi connectivity index (χ4v) is 3.16. The minimum Gasteiger partial charge on any atom is -0.342 e. The van der Waals surface area contributed by atoms with Crippen molar-refractivity contribution >= 4 is 11.8 Å². The normalized spacial score (nSPS) is 17.0. The first kappa shape index (κ1) is 18.4. The van der Waals surface area contributed by atoms with E-state index < -0.39 is 0 Å². The lowest BCUT2D eigenvalue weighted by Gasteiger charge is -2.35. The Hall–Kier alpha value is -1.91. The molecule has 1 aliphatic heterocycles. The van der Waals surface area contributed by atoms with Crippen LogP contribution < -0.4 is 0 Å². The van der Waals surface area contributed by atoms with Crippen LogP contribution in [0.4, 0.5) is 4.39 Å². The summed E-state index contributed by atoms with van der Waals surface area (Å²) in [6, 6.07) is 6.16. The smallest absolute Gasteiger partial charge is 0.226 e. The Bertz CT molecular complexity index is 578. The summed E-state index contributed by atoms with van der Waals surface area (Å²) >= 11 is 0. The van der Waals surface area contributed by atoms with E-state index in [-0.39, 0.29) is 35.5 Å². The van der Waals surface area contributed by atoms with E-state index in [1.165, 1.54) is 12.1 Å². The maximum atomic E-state index is 13.0. The number of halogens is 1. The van der Waals surface area contributed by atoms with Gasteiger partial charge in [-0.05, 0) is 37.5 Å². The number of likely N-dealkylation sites (tertiary alicyclic amines) is 1. The topological polar surface area (TPSA) is 40.6 Å². The van der Waals surface area contributed by atoms with Gasteiger partial charge in [0.1, 0.15) is 5.82 Å². The molecule has 1 aromatic rings. The van der Waals surface area contributed by atoms with Gasteiger partial charge in [-0.1, -0.05) is 26.0 Å². The molecule has 2 rings (SSSR count). The lowest BCUT2D eigenvalue weighted by atomic mass is 9.93. The van der Waals surface area contributed by atoms with Gasteiger partial charge in [-0.15, -0.1) is 0 Å². The zero-order chi connectivity index (χ0) is 17.9. The van der Waals surface area contributed by atoms with Crippen molar-refractivity contribution in [3.05, 3.63) is 35.6 Å². The molecule has 1 unspecified atom stereocenters. The molecule has 0 saturated carbocycles. The quantitative estimate of drug-likeness (QED) is 0.848. The van der Waals surface area contributed by atoms with Crippen LogP contribution in [0.25, 0.3) is 0 Å². The van der Waals surface area contributed by atoms with Crippen molar-refractivity contribution in [3.8, 4) is 0 Å². The first-order valence-corrected chi connectivity index (χ1v) is 8.62. The molecule has 0 bridgehead atoms. The highest BCUT2D eigenvalue weighted by atomic mass is 19.1. The molecule has 1 atom stereocenters. The highest BCUT2D eigenvalue weighted by molar-refractivity contribution is 5.81. The van der Waals surface area contributed by atoms with Gasteiger partial charge < -0.3 is 9.80 Å². The summed E-state index contributed by atoms with van der Waals surface area (Å²) in [4.78, 5) is 28.4. The number of piperidine rings is 1. The van der Waals surface area contributed by atoms with Crippen LogP contribution in [0.2, 0.25) is 0 Å². The van der Waals surface area contributed by atoms with Gasteiger partial charge in [0.25, 0.3) is 0 Å². The van der Waals surface area contributed by atoms with E-state index in [9.17, 15) is 14.0 Å². The molecule has 4 nitrogen and oxygen atoms in total. The molecule has 1 saturated heterocycles. The van der Waals surface area contributed by atoms with Crippen molar-refractivity contribution < 1.29 is 14.0 Å². The number of rotatable bonds is 4. The molecule has 0 aliphatic carbocycles. The molecule has 1 heterocycles. The predicted octanol–water partition coefficient (Wildman–Crippen LogP) is 3.24. The Morgan fingerprint density at radius 3 is 2.17 bits per heavy atom. The van der Waals surface area contributed by atoms with Crippen molar-refractivity contribution in [2.24, 2.45) is 11.8 Å². The summed E-state index contributed by atoms with van der Waals surface area (Å²) in [5.74, 6) is -0.0629. The maximum absolute atomic E-state index is 13.0. The van der Waals surface area contributed by atoms with E-state index in [1.807, 2.05) is 25.7 Å². The monoisotopic (exact) mass is 334 g/mol. The van der Waals surface area contributed by atoms with E-state index in [1.54, 1.807) is 24.1 Å². The Balaban J connectivity index is 1.94. The molecule has 1 fully saturated rings. The van der Waals surface area contributed by atoms with E-state index >= 15 is 0 Å². The molecule has 1 aromatic carbocycles. The molecule has 0 radical (unpaired) electrons. The van der Waals surface area contributed by atoms with Crippen molar-refractivity contribution in [1.82, 2.24) is 9.80 Å². The second-order valence-electron chi connectivity index (χ2n) is 6.93. The second kappa shape index (κ2) is 7.77. The van der Waals surface area contributed by atoms with Crippen LogP contribution in [0.5, 0.6) is 0 Å². The molecule has 5 heteroatoms. The van der Waals surface area contributed by atoms with Crippen LogP contribution in [-0.4, -0.2) is 41.8 Å². The molecule has 1 aliphatic rings. The summed E-state index contributed by atoms with van der Waals surface area (Å²) in [6.45, 7) is 7.04. The number of hydrogen-bond donors (Lipinski definition) is 0. The Labute approximate surface area is 143 Å². The number of carbonyl (C=O) groups is 2. The van der Waals surface area contributed by atoms with Crippen LogP contribution in [-0.2, 0) is 9.59 Å². The molecular weight excluding hydrogens is 307 g/mol. The van der Waals surface area contributed by atoms with Gasteiger partial charge in [0, 0.05) is 32.0 Å². The zero-order valence-corrected chi connectivity index (χ0v) is 15.0. The van der Waals surface area contributed by atoms with E-state index in [2.05, 4.69) is 0 Å². The number of hydrogen-bond acceptors (Lipinski definition) is 2. The summed E-state index contributed by atoms with van der Waals surface area (Å²) < 4.78 is 13.0. The lowest BCUT2D eigenvalue weighted by molar-refractivity contribution is -0.142. The summed E-state index contributed by atoms with van der Waals surface area (Å²) in [7, 11) is 1.79. The average Bonchev–Trinajstić information content (AvgIpc) is 2.60. The third-order valence-corrected chi connectivity index (χ3v) is 4.93. The number of nitrogens with zero attached hydrogens (tertiary/aromatic N) is 2. The number of carbonyl (C=O) groups excluding carboxylic acids is 2. The molecule has 2 amide bonds. The fourth-order valence-electron chi connectivity index (χ4n) is 3.16. The number of amides is 2. The van der Waals surface area contributed by atoms with Gasteiger partial charge >= 0.3 is 0 Å². The van der Waals surface area contributed by atoms with Crippen LogP contribution in [0, 0.1) is 17.7 Å². The van der Waals surface area contributed by atoms with Crippen molar-refractivity contribution in [2.45, 2.75) is 39.7 Å². The Kier molecular flexibility index (Phi) is 5.97. The van der Waals surface area contributed by atoms with E-state index in [4.69, 9.17) is 0 Å². The van der Waals surface area contributed by atoms with Gasteiger partial charge in [0.05, 0.1) is 6.04 Å². The minimum atomic E-state index is -0.276. The average molecular weight is 334 g/mol. The third-order valence-electron chi connectivity index (χ3n) is 4.93. The van der Waals surface area contributed by atoms with Crippen LogP contribution in [0.1, 0.15) is 45.2 Å². The summed E-state index contributed by atoms with van der Waals surface area (Å²) in [5.41, 5.74) is 0.916. The number of benzene rings is 1.